The lowest BCUT2D eigenvalue weighted by Crippen LogP contribution is -2.35. The number of carbonyl (C=O) groups is 1. The van der Waals surface area contributed by atoms with E-state index in [1.807, 2.05) is 6.92 Å². The zero-order valence-corrected chi connectivity index (χ0v) is 11.2. The summed E-state index contributed by atoms with van der Waals surface area (Å²) in [6, 6.07) is -0.218. The number of oxime groups is 1. The van der Waals surface area contributed by atoms with Crippen LogP contribution in [0.2, 0.25) is 0 Å². The minimum Gasteiger partial charge on any atom is -0.409 e. The Morgan fingerprint density at radius 1 is 1.67 bits per heavy atom. The summed E-state index contributed by atoms with van der Waals surface area (Å²) >= 11 is 1.08. The first-order valence-electron chi connectivity index (χ1n) is 5.67. The van der Waals surface area contributed by atoms with Gasteiger partial charge in [0.05, 0.1) is 5.69 Å². The molecule has 0 aliphatic carbocycles. The van der Waals surface area contributed by atoms with E-state index in [9.17, 15) is 4.79 Å². The molecule has 0 bridgehead atoms. The molecule has 0 spiro atoms. The van der Waals surface area contributed by atoms with Gasteiger partial charge in [-0.15, -0.1) is 5.10 Å². The molecule has 1 rings (SSSR count). The van der Waals surface area contributed by atoms with Gasteiger partial charge in [-0.25, -0.2) is 0 Å². The van der Waals surface area contributed by atoms with Gasteiger partial charge in [-0.2, -0.15) is 0 Å². The van der Waals surface area contributed by atoms with Gasteiger partial charge in [0.15, 0.2) is 0 Å². The molecule has 0 saturated heterocycles. The van der Waals surface area contributed by atoms with E-state index in [0.717, 1.165) is 30.1 Å². The lowest BCUT2D eigenvalue weighted by atomic mass is 10.2. The largest absolute Gasteiger partial charge is 0.409 e. The highest BCUT2D eigenvalue weighted by atomic mass is 32.1. The van der Waals surface area contributed by atoms with Crippen LogP contribution in [0.4, 0.5) is 0 Å². The number of hydrogen-bond acceptors (Lipinski definition) is 6. The van der Waals surface area contributed by atoms with Gasteiger partial charge in [-0.05, 0) is 24.9 Å². The molecule has 0 aromatic carbocycles. The predicted octanol–water partition coefficient (Wildman–Crippen LogP) is 0.745. The highest BCUT2D eigenvalue weighted by molar-refractivity contribution is 7.08. The molecule has 18 heavy (non-hydrogen) atoms. The Morgan fingerprint density at radius 2 is 2.39 bits per heavy atom. The van der Waals surface area contributed by atoms with Gasteiger partial charge < -0.3 is 16.3 Å². The second-order valence-corrected chi connectivity index (χ2v) is 4.72. The van der Waals surface area contributed by atoms with Crippen LogP contribution in [0.3, 0.4) is 0 Å². The molecule has 1 amide bonds. The molecule has 8 heteroatoms. The Morgan fingerprint density at radius 3 is 3.00 bits per heavy atom. The molecule has 1 aromatic rings. The van der Waals surface area contributed by atoms with Gasteiger partial charge in [0.2, 0.25) is 0 Å². The van der Waals surface area contributed by atoms with Gasteiger partial charge >= 0.3 is 0 Å². The molecule has 1 heterocycles. The topological polar surface area (TPSA) is 113 Å². The van der Waals surface area contributed by atoms with Crippen LogP contribution in [-0.4, -0.2) is 32.6 Å². The standard InChI is InChI=1S/C10H17N5O2S/c1-3-4-7-9(18-15-13-7)10(16)12-6(2)5-8(11)14-17/h6,17H,3-5H2,1-2H3,(H2,11,14)(H,12,16). The molecule has 0 saturated carbocycles. The summed E-state index contributed by atoms with van der Waals surface area (Å²) in [4.78, 5) is 12.5. The van der Waals surface area contributed by atoms with Crippen LogP contribution >= 0.6 is 11.5 Å². The third kappa shape index (κ3) is 3.95. The normalized spacial score (nSPS) is 13.3. The molecule has 0 aliphatic rings. The number of nitrogens with zero attached hydrogens (tertiary/aromatic N) is 3. The number of amidine groups is 1. The number of rotatable bonds is 6. The minimum absolute atomic E-state index is 0.0824. The van der Waals surface area contributed by atoms with E-state index in [4.69, 9.17) is 10.9 Å². The third-order valence-corrected chi connectivity index (χ3v) is 3.04. The fourth-order valence-corrected chi connectivity index (χ4v) is 2.09. The summed E-state index contributed by atoms with van der Waals surface area (Å²) in [7, 11) is 0. The lowest BCUT2D eigenvalue weighted by Gasteiger charge is -2.12. The van der Waals surface area contributed by atoms with Crippen molar-refractivity contribution in [2.45, 2.75) is 39.2 Å². The summed E-state index contributed by atoms with van der Waals surface area (Å²) in [6.45, 7) is 3.80. The van der Waals surface area contributed by atoms with Gasteiger partial charge in [0, 0.05) is 12.5 Å². The second kappa shape index (κ2) is 6.90. The summed E-state index contributed by atoms with van der Waals surface area (Å²) in [5.41, 5.74) is 6.09. The fraction of sp³-hybridized carbons (Fsp3) is 0.600. The molecular weight excluding hydrogens is 254 g/mol. The van der Waals surface area contributed by atoms with Crippen LogP contribution in [-0.2, 0) is 6.42 Å². The van der Waals surface area contributed by atoms with Crippen molar-refractivity contribution in [3.05, 3.63) is 10.6 Å². The molecule has 0 aliphatic heterocycles. The van der Waals surface area contributed by atoms with Crippen molar-refractivity contribution in [1.82, 2.24) is 14.9 Å². The Hall–Kier alpha value is -1.70. The fourth-order valence-electron chi connectivity index (χ4n) is 1.48. The van der Waals surface area contributed by atoms with E-state index in [0.29, 0.717) is 4.88 Å². The van der Waals surface area contributed by atoms with Gasteiger partial charge in [-0.3, -0.25) is 4.79 Å². The predicted molar refractivity (Wildman–Crippen MR) is 68.9 cm³/mol. The molecule has 100 valence electrons. The lowest BCUT2D eigenvalue weighted by molar-refractivity contribution is 0.0944. The SMILES string of the molecule is CCCc1nnsc1C(=O)NC(C)CC(N)=NO. The van der Waals surface area contributed by atoms with E-state index in [-0.39, 0.29) is 24.2 Å². The molecular formula is C10H17N5O2S. The van der Waals surface area contributed by atoms with Crippen LogP contribution in [0.25, 0.3) is 0 Å². The number of aryl methyl sites for hydroxylation is 1. The Labute approximate surface area is 109 Å². The zero-order chi connectivity index (χ0) is 13.5. The number of amides is 1. The first kappa shape index (κ1) is 14.4. The maximum Gasteiger partial charge on any atom is 0.265 e. The maximum absolute atomic E-state index is 12.0. The van der Waals surface area contributed by atoms with Crippen molar-refractivity contribution in [2.24, 2.45) is 10.9 Å². The average Bonchev–Trinajstić information content (AvgIpc) is 2.77. The van der Waals surface area contributed by atoms with Crippen LogP contribution in [0, 0.1) is 0 Å². The van der Waals surface area contributed by atoms with E-state index >= 15 is 0 Å². The van der Waals surface area contributed by atoms with Crippen LogP contribution in [0.5, 0.6) is 0 Å². The third-order valence-electron chi connectivity index (χ3n) is 2.27. The minimum atomic E-state index is -0.218. The van der Waals surface area contributed by atoms with Crippen LogP contribution in [0.15, 0.2) is 5.16 Å². The van der Waals surface area contributed by atoms with E-state index < -0.39 is 0 Å². The first-order chi connectivity index (χ1) is 8.58. The summed E-state index contributed by atoms with van der Waals surface area (Å²) < 4.78 is 3.79. The van der Waals surface area contributed by atoms with Crippen LogP contribution in [0.1, 0.15) is 42.1 Å². The highest BCUT2D eigenvalue weighted by Gasteiger charge is 2.17. The highest BCUT2D eigenvalue weighted by Crippen LogP contribution is 2.12. The van der Waals surface area contributed by atoms with E-state index in [1.165, 1.54) is 0 Å². The smallest absolute Gasteiger partial charge is 0.265 e. The summed E-state index contributed by atoms with van der Waals surface area (Å²) in [5, 5.41) is 18.0. The van der Waals surface area contributed by atoms with Gasteiger partial charge in [-0.1, -0.05) is 23.0 Å². The quantitative estimate of drug-likeness (QED) is 0.306. The van der Waals surface area contributed by atoms with Crippen molar-refractivity contribution >= 4 is 23.3 Å². The number of nitrogens with two attached hydrogens (primary N) is 1. The Balaban J connectivity index is 2.62. The van der Waals surface area contributed by atoms with Crippen molar-refractivity contribution in [3.63, 3.8) is 0 Å². The Bertz CT molecular complexity index is 432. The molecule has 1 aromatic heterocycles. The van der Waals surface area contributed by atoms with Gasteiger partial charge in [0.25, 0.3) is 5.91 Å². The van der Waals surface area contributed by atoms with E-state index in [1.54, 1.807) is 6.92 Å². The Kier molecular flexibility index (Phi) is 5.50. The number of hydrogen-bond donors (Lipinski definition) is 3. The molecule has 4 N–H and O–H groups in total. The molecule has 1 atom stereocenters. The summed E-state index contributed by atoms with van der Waals surface area (Å²) in [6.07, 6.45) is 1.93. The maximum atomic E-state index is 12.0. The monoisotopic (exact) mass is 271 g/mol. The van der Waals surface area contributed by atoms with Crippen molar-refractivity contribution in [2.75, 3.05) is 0 Å². The van der Waals surface area contributed by atoms with Crippen molar-refractivity contribution < 1.29 is 10.0 Å². The zero-order valence-electron chi connectivity index (χ0n) is 10.4. The molecule has 0 fully saturated rings. The first-order valence-corrected chi connectivity index (χ1v) is 6.44. The molecule has 1 unspecified atom stereocenters. The number of carbonyl (C=O) groups excluding carboxylic acids is 1. The van der Waals surface area contributed by atoms with Gasteiger partial charge in [0.1, 0.15) is 10.7 Å². The molecule has 0 radical (unpaired) electrons. The van der Waals surface area contributed by atoms with Crippen molar-refractivity contribution in [1.29, 1.82) is 0 Å². The van der Waals surface area contributed by atoms with Crippen LogP contribution < -0.4 is 11.1 Å². The summed E-state index contributed by atoms with van der Waals surface area (Å²) in [5.74, 6) is -0.134. The number of nitrogens with one attached hydrogen (secondary N) is 1. The van der Waals surface area contributed by atoms with Crippen molar-refractivity contribution in [3.8, 4) is 0 Å². The molecule has 7 nitrogen and oxygen atoms in total. The van der Waals surface area contributed by atoms with E-state index in [2.05, 4.69) is 20.1 Å². The number of aromatic nitrogens is 2. The average molecular weight is 271 g/mol. The second-order valence-electron chi connectivity index (χ2n) is 3.97.